The van der Waals surface area contributed by atoms with Crippen LogP contribution in [0.25, 0.3) is 22.4 Å². The van der Waals surface area contributed by atoms with Crippen molar-refractivity contribution in [1.82, 2.24) is 5.16 Å². The van der Waals surface area contributed by atoms with Gasteiger partial charge in [0.25, 0.3) is 0 Å². The van der Waals surface area contributed by atoms with Crippen molar-refractivity contribution in [3.05, 3.63) is 58.3 Å². The first-order valence-corrected chi connectivity index (χ1v) is 9.44. The van der Waals surface area contributed by atoms with Crippen LogP contribution in [0.1, 0.15) is 5.76 Å². The maximum atomic E-state index is 14.2. The molecule has 0 aliphatic rings. The quantitative estimate of drug-likeness (QED) is 0.642. The van der Waals surface area contributed by atoms with E-state index in [4.69, 9.17) is 9.66 Å². The van der Waals surface area contributed by atoms with E-state index in [1.165, 1.54) is 0 Å². The lowest BCUT2D eigenvalue weighted by Crippen LogP contribution is -2.16. The summed E-state index contributed by atoms with van der Waals surface area (Å²) >= 11 is 3.29. The summed E-state index contributed by atoms with van der Waals surface area (Å²) in [5.41, 5.74) is 0.913. The lowest BCUT2D eigenvalue weighted by atomic mass is 9.99. The fourth-order valence-electron chi connectivity index (χ4n) is 2.51. The second kappa shape index (κ2) is 6.88. The summed E-state index contributed by atoms with van der Waals surface area (Å²) in [5.74, 6) is -2.73. The van der Waals surface area contributed by atoms with E-state index in [-0.39, 0.29) is 22.6 Å². The van der Waals surface area contributed by atoms with E-state index in [1.54, 1.807) is 24.3 Å². The smallest absolute Gasteiger partial charge is 0.243 e. The number of aromatic nitrogens is 1. The molecule has 136 valence electrons. The van der Waals surface area contributed by atoms with E-state index in [0.717, 1.165) is 16.6 Å². The van der Waals surface area contributed by atoms with E-state index in [2.05, 4.69) is 21.1 Å². The monoisotopic (exact) mass is 444 g/mol. The fraction of sp³-hybridized carbons (Fsp3) is 0.0625. The Hall–Kier alpha value is -2.14. The molecule has 0 spiro atoms. The highest BCUT2D eigenvalue weighted by Crippen LogP contribution is 2.37. The predicted molar refractivity (Wildman–Crippen MR) is 92.3 cm³/mol. The first kappa shape index (κ1) is 18.6. The third-order valence-corrected chi connectivity index (χ3v) is 5.08. The number of nitrogens with two attached hydrogens (primary N) is 1. The number of nitrogens with zero attached hydrogens (tertiary/aromatic N) is 1. The molecule has 2 aromatic carbocycles. The van der Waals surface area contributed by atoms with Crippen LogP contribution >= 0.6 is 15.9 Å². The second-order valence-electron chi connectivity index (χ2n) is 5.31. The Labute approximate surface area is 155 Å². The summed E-state index contributed by atoms with van der Waals surface area (Å²) in [5, 5.41) is 18.2. The van der Waals surface area contributed by atoms with Gasteiger partial charge in [-0.3, -0.25) is 0 Å². The predicted octanol–water partition coefficient (Wildman–Crippen LogP) is 3.19. The number of halogens is 3. The molecule has 0 saturated heterocycles. The van der Waals surface area contributed by atoms with Gasteiger partial charge in [-0.2, -0.15) is 0 Å². The molecule has 0 radical (unpaired) electrons. The summed E-state index contributed by atoms with van der Waals surface area (Å²) in [4.78, 5) is -1.23. The van der Waals surface area contributed by atoms with Gasteiger partial charge in [-0.1, -0.05) is 33.2 Å². The average molecular weight is 445 g/mol. The third kappa shape index (κ3) is 3.40. The molecule has 26 heavy (non-hydrogen) atoms. The number of benzene rings is 2. The molecule has 0 aliphatic heterocycles. The SMILES string of the molecule is NS(=O)(=O)c1c(F)cc(-c2c(-c3ccc(Br)cc3)noc2CO)cc1F. The Balaban J connectivity index is 2.24. The standard InChI is InChI=1S/C16H11BrF2N2O4S/c17-10-3-1-8(2-4-10)15-14(13(7-22)25-21-15)9-5-11(18)16(12(19)6-9)26(20,23)24/h1-6,22H,7H2,(H2,20,23,24). The maximum absolute atomic E-state index is 14.2. The zero-order chi connectivity index (χ0) is 19.1. The Morgan fingerprint density at radius 3 is 2.19 bits per heavy atom. The van der Waals surface area contributed by atoms with Crippen LogP contribution in [0.15, 0.2) is 50.3 Å². The van der Waals surface area contributed by atoms with Gasteiger partial charge < -0.3 is 9.63 Å². The molecule has 1 heterocycles. The second-order valence-corrected chi connectivity index (χ2v) is 7.72. The van der Waals surface area contributed by atoms with Crippen molar-refractivity contribution in [2.24, 2.45) is 5.14 Å². The molecule has 10 heteroatoms. The summed E-state index contributed by atoms with van der Waals surface area (Å²) in [6.07, 6.45) is 0. The number of hydrogen-bond donors (Lipinski definition) is 2. The van der Waals surface area contributed by atoms with Gasteiger partial charge in [0.05, 0.1) is 5.56 Å². The van der Waals surface area contributed by atoms with Gasteiger partial charge in [0.2, 0.25) is 10.0 Å². The van der Waals surface area contributed by atoms with Gasteiger partial charge in [0, 0.05) is 10.0 Å². The zero-order valence-electron chi connectivity index (χ0n) is 12.9. The van der Waals surface area contributed by atoms with Crippen LogP contribution in [0.4, 0.5) is 8.78 Å². The van der Waals surface area contributed by atoms with E-state index >= 15 is 0 Å². The van der Waals surface area contributed by atoms with Crippen molar-refractivity contribution in [2.75, 3.05) is 0 Å². The van der Waals surface area contributed by atoms with Gasteiger partial charge in [0.1, 0.15) is 23.9 Å². The molecular weight excluding hydrogens is 434 g/mol. The highest BCUT2D eigenvalue weighted by molar-refractivity contribution is 9.10. The minimum absolute atomic E-state index is 0.0231. The molecule has 1 aromatic heterocycles. The molecule has 3 N–H and O–H groups in total. The van der Waals surface area contributed by atoms with Crippen LogP contribution in [0.5, 0.6) is 0 Å². The van der Waals surface area contributed by atoms with Crippen molar-refractivity contribution >= 4 is 26.0 Å². The molecule has 0 unspecified atom stereocenters. The number of primary sulfonamides is 1. The fourth-order valence-corrected chi connectivity index (χ4v) is 3.44. The van der Waals surface area contributed by atoms with Crippen LogP contribution in [0.3, 0.4) is 0 Å². The average Bonchev–Trinajstić information content (AvgIpc) is 2.97. The van der Waals surface area contributed by atoms with Crippen LogP contribution in [0.2, 0.25) is 0 Å². The van der Waals surface area contributed by atoms with Gasteiger partial charge in [-0.15, -0.1) is 0 Å². The molecule has 3 rings (SSSR count). The van der Waals surface area contributed by atoms with E-state index in [9.17, 15) is 22.3 Å². The first-order valence-electron chi connectivity index (χ1n) is 7.10. The van der Waals surface area contributed by atoms with Crippen LogP contribution in [-0.4, -0.2) is 18.7 Å². The zero-order valence-corrected chi connectivity index (χ0v) is 15.3. The maximum Gasteiger partial charge on any atom is 0.243 e. The van der Waals surface area contributed by atoms with Crippen molar-refractivity contribution < 1.29 is 26.8 Å². The molecule has 3 aromatic rings. The lowest BCUT2D eigenvalue weighted by molar-refractivity contribution is 0.230. The molecule has 0 aliphatic carbocycles. The first-order chi connectivity index (χ1) is 12.2. The van der Waals surface area contributed by atoms with E-state index in [0.29, 0.717) is 5.56 Å². The Kier molecular flexibility index (Phi) is 4.93. The minimum atomic E-state index is -4.58. The summed E-state index contributed by atoms with van der Waals surface area (Å²) < 4.78 is 57.0. The largest absolute Gasteiger partial charge is 0.388 e. The summed E-state index contributed by atoms with van der Waals surface area (Å²) in [6, 6.07) is 8.46. The highest BCUT2D eigenvalue weighted by Gasteiger charge is 2.25. The number of hydrogen-bond acceptors (Lipinski definition) is 5. The summed E-state index contributed by atoms with van der Waals surface area (Å²) in [6.45, 7) is -0.570. The lowest BCUT2D eigenvalue weighted by Gasteiger charge is -2.08. The molecule has 0 bridgehead atoms. The Morgan fingerprint density at radius 2 is 1.69 bits per heavy atom. The van der Waals surface area contributed by atoms with Crippen molar-refractivity contribution in [3.8, 4) is 22.4 Å². The third-order valence-electron chi connectivity index (χ3n) is 3.60. The topological polar surface area (TPSA) is 106 Å². The van der Waals surface area contributed by atoms with Crippen LogP contribution in [-0.2, 0) is 16.6 Å². The number of aliphatic hydroxyl groups excluding tert-OH is 1. The molecule has 0 atom stereocenters. The van der Waals surface area contributed by atoms with Crippen molar-refractivity contribution in [3.63, 3.8) is 0 Å². The van der Waals surface area contributed by atoms with E-state index < -0.39 is 33.2 Å². The van der Waals surface area contributed by atoms with Crippen LogP contribution < -0.4 is 5.14 Å². The normalized spacial score (nSPS) is 11.7. The molecule has 0 fully saturated rings. The molecule has 0 amide bonds. The van der Waals surface area contributed by atoms with Gasteiger partial charge in [0.15, 0.2) is 10.7 Å². The summed E-state index contributed by atoms with van der Waals surface area (Å²) in [7, 11) is -4.58. The van der Waals surface area contributed by atoms with Gasteiger partial charge in [-0.25, -0.2) is 22.3 Å². The van der Waals surface area contributed by atoms with Crippen LogP contribution in [0, 0.1) is 11.6 Å². The highest BCUT2D eigenvalue weighted by atomic mass is 79.9. The van der Waals surface area contributed by atoms with Crippen molar-refractivity contribution in [1.29, 1.82) is 0 Å². The molecular formula is C16H11BrF2N2O4S. The van der Waals surface area contributed by atoms with Gasteiger partial charge >= 0.3 is 0 Å². The Morgan fingerprint density at radius 1 is 1.12 bits per heavy atom. The number of sulfonamides is 1. The van der Waals surface area contributed by atoms with Crippen molar-refractivity contribution in [2.45, 2.75) is 11.5 Å². The molecule has 0 saturated carbocycles. The minimum Gasteiger partial charge on any atom is -0.388 e. The Bertz CT molecular complexity index is 1060. The van der Waals surface area contributed by atoms with E-state index in [1.807, 2.05) is 0 Å². The number of rotatable bonds is 4. The van der Waals surface area contributed by atoms with Gasteiger partial charge in [-0.05, 0) is 29.8 Å². The molecule has 6 nitrogen and oxygen atoms in total. The number of aliphatic hydroxyl groups is 1.